The number of carbonyl (C=O) groups is 2. The number of nitrogens with zero attached hydrogens (tertiary/aromatic N) is 6. The second-order valence-electron chi connectivity index (χ2n) is 11.2. The maximum absolute atomic E-state index is 13.2. The van der Waals surface area contributed by atoms with Gasteiger partial charge < -0.3 is 20.4 Å². The summed E-state index contributed by atoms with van der Waals surface area (Å²) in [4.78, 5) is 45.2. The predicted molar refractivity (Wildman–Crippen MR) is 181 cm³/mol. The number of anilines is 3. The lowest BCUT2D eigenvalue weighted by atomic mass is 10.1. The van der Waals surface area contributed by atoms with Crippen LogP contribution < -0.4 is 10.6 Å². The summed E-state index contributed by atoms with van der Waals surface area (Å²) in [7, 11) is 2.07. The van der Waals surface area contributed by atoms with Crippen molar-refractivity contribution < 1.29 is 9.59 Å². The lowest BCUT2D eigenvalue weighted by Gasteiger charge is -2.32. The predicted octanol–water partition coefficient (Wildman–Crippen LogP) is 5.83. The van der Waals surface area contributed by atoms with E-state index in [1.807, 2.05) is 106 Å². The van der Waals surface area contributed by atoms with Crippen LogP contribution in [0.4, 0.5) is 17.3 Å². The Balaban J connectivity index is 1.14. The van der Waals surface area contributed by atoms with E-state index in [4.69, 9.17) is 9.97 Å². The van der Waals surface area contributed by atoms with Crippen molar-refractivity contribution in [3.63, 3.8) is 0 Å². The smallest absolute Gasteiger partial charge is 0.254 e. The fourth-order valence-corrected chi connectivity index (χ4v) is 6.28. The van der Waals surface area contributed by atoms with E-state index in [1.165, 1.54) is 11.3 Å². The highest BCUT2D eigenvalue weighted by Crippen LogP contribution is 2.35. The molecule has 1 saturated heterocycles. The molecule has 1 aliphatic rings. The second kappa shape index (κ2) is 12.9. The van der Waals surface area contributed by atoms with E-state index in [2.05, 4.69) is 27.6 Å². The molecular formula is C35H32N8O2S. The lowest BCUT2D eigenvalue weighted by Crippen LogP contribution is -2.47. The Morgan fingerprint density at radius 2 is 1.67 bits per heavy atom. The molecule has 2 amide bonds. The van der Waals surface area contributed by atoms with Crippen molar-refractivity contribution in [3.05, 3.63) is 114 Å². The first kappa shape index (κ1) is 29.3. The molecule has 0 atom stereocenters. The molecule has 0 spiro atoms. The summed E-state index contributed by atoms with van der Waals surface area (Å²) in [5, 5.41) is 8.30. The van der Waals surface area contributed by atoms with Crippen LogP contribution in [0, 0.1) is 0 Å². The van der Waals surface area contributed by atoms with E-state index in [-0.39, 0.29) is 11.8 Å². The molecule has 46 heavy (non-hydrogen) atoms. The zero-order chi connectivity index (χ0) is 31.5. The molecule has 0 bridgehead atoms. The first-order valence-electron chi connectivity index (χ1n) is 15.1. The molecule has 6 aromatic rings. The van der Waals surface area contributed by atoms with Crippen molar-refractivity contribution >= 4 is 45.4 Å². The number of hydrogen-bond acceptors (Lipinski definition) is 8. The topological polar surface area (TPSA) is 108 Å². The van der Waals surface area contributed by atoms with Gasteiger partial charge in [0, 0.05) is 66.5 Å². The molecule has 11 heteroatoms. The monoisotopic (exact) mass is 628 g/mol. The average Bonchev–Trinajstić information content (AvgIpc) is 3.68. The Morgan fingerprint density at radius 3 is 2.52 bits per heavy atom. The van der Waals surface area contributed by atoms with Crippen LogP contribution in [0.2, 0.25) is 0 Å². The Kier molecular flexibility index (Phi) is 8.24. The van der Waals surface area contributed by atoms with Crippen LogP contribution in [0.25, 0.3) is 27.6 Å². The zero-order valence-corrected chi connectivity index (χ0v) is 26.1. The van der Waals surface area contributed by atoms with Gasteiger partial charge >= 0.3 is 0 Å². The highest BCUT2D eigenvalue weighted by molar-refractivity contribution is 7.15. The number of amides is 2. The highest BCUT2D eigenvalue weighted by atomic mass is 32.1. The normalized spacial score (nSPS) is 13.5. The SMILES string of the molecule is CN1CCN(C(=O)c2cccc(Nc3nccc(-c4c(-c5cccc(NC(=O)Cc6ccccc6)c5)nc5sccn45)n3)c2)CC1. The molecule has 3 aromatic heterocycles. The number of piperazine rings is 1. The van der Waals surface area contributed by atoms with Gasteiger partial charge in [-0.05, 0) is 49.0 Å². The largest absolute Gasteiger partial charge is 0.336 e. The summed E-state index contributed by atoms with van der Waals surface area (Å²) in [6.07, 6.45) is 3.97. The Bertz CT molecular complexity index is 2010. The minimum absolute atomic E-state index is 0.0219. The van der Waals surface area contributed by atoms with Crippen LogP contribution in [0.3, 0.4) is 0 Å². The fourth-order valence-electron chi connectivity index (χ4n) is 5.56. The third kappa shape index (κ3) is 6.37. The van der Waals surface area contributed by atoms with E-state index in [0.717, 1.165) is 46.3 Å². The van der Waals surface area contributed by atoms with E-state index >= 15 is 0 Å². The van der Waals surface area contributed by atoms with Gasteiger partial charge in [0.2, 0.25) is 11.9 Å². The van der Waals surface area contributed by atoms with E-state index < -0.39 is 0 Å². The lowest BCUT2D eigenvalue weighted by molar-refractivity contribution is -0.115. The van der Waals surface area contributed by atoms with Crippen molar-refractivity contribution in [2.24, 2.45) is 0 Å². The molecule has 3 aromatic carbocycles. The van der Waals surface area contributed by atoms with Crippen LogP contribution in [0.1, 0.15) is 15.9 Å². The van der Waals surface area contributed by atoms with Crippen molar-refractivity contribution in [1.29, 1.82) is 0 Å². The molecule has 1 aliphatic heterocycles. The van der Waals surface area contributed by atoms with Crippen molar-refractivity contribution in [2.75, 3.05) is 43.9 Å². The molecule has 10 nitrogen and oxygen atoms in total. The summed E-state index contributed by atoms with van der Waals surface area (Å²) in [6.45, 7) is 3.16. The summed E-state index contributed by atoms with van der Waals surface area (Å²) < 4.78 is 2.02. The van der Waals surface area contributed by atoms with Gasteiger partial charge in [-0.3, -0.25) is 14.0 Å². The fraction of sp³-hybridized carbons (Fsp3) is 0.171. The third-order valence-electron chi connectivity index (χ3n) is 7.94. The minimum Gasteiger partial charge on any atom is -0.336 e. The van der Waals surface area contributed by atoms with Gasteiger partial charge in [-0.25, -0.2) is 15.0 Å². The number of thiazole rings is 1. The average molecular weight is 629 g/mol. The number of rotatable bonds is 8. The quantitative estimate of drug-likeness (QED) is 0.218. The molecule has 230 valence electrons. The van der Waals surface area contributed by atoms with Crippen LogP contribution in [0.5, 0.6) is 0 Å². The molecule has 1 fully saturated rings. The molecule has 4 heterocycles. The van der Waals surface area contributed by atoms with Gasteiger partial charge in [0.25, 0.3) is 5.91 Å². The number of imidazole rings is 1. The van der Waals surface area contributed by atoms with Crippen molar-refractivity contribution in [2.45, 2.75) is 6.42 Å². The van der Waals surface area contributed by atoms with E-state index in [0.29, 0.717) is 42.4 Å². The molecule has 2 N–H and O–H groups in total. The van der Waals surface area contributed by atoms with Gasteiger partial charge in [-0.15, -0.1) is 11.3 Å². The zero-order valence-electron chi connectivity index (χ0n) is 25.3. The molecule has 0 unspecified atom stereocenters. The van der Waals surface area contributed by atoms with Crippen LogP contribution >= 0.6 is 11.3 Å². The first-order chi connectivity index (χ1) is 22.5. The van der Waals surface area contributed by atoms with E-state index in [9.17, 15) is 9.59 Å². The molecule has 7 rings (SSSR count). The maximum atomic E-state index is 13.2. The Labute approximate surface area is 270 Å². The number of benzene rings is 3. The van der Waals surface area contributed by atoms with Crippen molar-refractivity contribution in [1.82, 2.24) is 29.2 Å². The standard InChI is InChI=1S/C35H32N8O2S/c1-41-15-17-42(18-16-41)33(45)26-10-6-12-28(23-26)38-34-36-14-13-29(39-34)32-31(40-35-43(32)19-20-46-35)25-9-5-11-27(22-25)37-30(44)21-24-7-3-2-4-8-24/h2-14,19-20,22-23H,15-18,21H2,1H3,(H,37,44)(H,36,38,39). The van der Waals surface area contributed by atoms with Gasteiger partial charge in [0.1, 0.15) is 5.69 Å². The summed E-state index contributed by atoms with van der Waals surface area (Å²) in [5.41, 5.74) is 6.09. The third-order valence-corrected chi connectivity index (χ3v) is 8.70. The van der Waals surface area contributed by atoms with Crippen LogP contribution in [-0.2, 0) is 11.2 Å². The first-order valence-corrected chi connectivity index (χ1v) is 16.0. The number of aromatic nitrogens is 4. The number of likely N-dealkylation sites (N-methyl/N-ethyl adjacent to an activating group) is 1. The van der Waals surface area contributed by atoms with Gasteiger partial charge in [0.05, 0.1) is 17.8 Å². The summed E-state index contributed by atoms with van der Waals surface area (Å²) in [6, 6.07) is 26.7. The summed E-state index contributed by atoms with van der Waals surface area (Å²) in [5.74, 6) is 0.337. The highest BCUT2D eigenvalue weighted by Gasteiger charge is 2.22. The number of carbonyl (C=O) groups excluding carboxylic acids is 2. The Hall–Kier alpha value is -5.39. The van der Waals surface area contributed by atoms with Crippen LogP contribution in [0.15, 0.2) is 103 Å². The number of hydrogen-bond donors (Lipinski definition) is 2. The summed E-state index contributed by atoms with van der Waals surface area (Å²) >= 11 is 1.54. The van der Waals surface area contributed by atoms with E-state index in [1.54, 1.807) is 6.20 Å². The second-order valence-corrected chi connectivity index (χ2v) is 12.1. The van der Waals surface area contributed by atoms with Gasteiger partial charge in [-0.2, -0.15) is 0 Å². The maximum Gasteiger partial charge on any atom is 0.254 e. The number of fused-ring (bicyclic) bond motifs is 1. The molecule has 0 saturated carbocycles. The molecule has 0 radical (unpaired) electrons. The number of nitrogens with one attached hydrogen (secondary N) is 2. The van der Waals surface area contributed by atoms with Gasteiger partial charge in [0.15, 0.2) is 4.96 Å². The minimum atomic E-state index is -0.0878. The van der Waals surface area contributed by atoms with Crippen LogP contribution in [-0.4, -0.2) is 74.2 Å². The molecular weight excluding hydrogens is 597 g/mol. The van der Waals surface area contributed by atoms with Gasteiger partial charge in [-0.1, -0.05) is 48.5 Å². The molecule has 0 aliphatic carbocycles. The van der Waals surface area contributed by atoms with Crippen molar-refractivity contribution in [3.8, 4) is 22.6 Å². The Morgan fingerprint density at radius 1 is 0.870 bits per heavy atom.